The summed E-state index contributed by atoms with van der Waals surface area (Å²) in [5.41, 5.74) is 1.06. The van der Waals surface area contributed by atoms with Crippen LogP contribution >= 0.6 is 0 Å². The first kappa shape index (κ1) is 23.2. The largest absolute Gasteiger partial charge is 0.341 e. The number of nitrogens with zero attached hydrogens (tertiary/aromatic N) is 2. The Bertz CT molecular complexity index is 1490. The Balaban J connectivity index is 1.67. The smallest absolute Gasteiger partial charge is 0.327 e. The number of rotatable bonds is 7. The Morgan fingerprint density at radius 1 is 0.912 bits per heavy atom. The molecule has 1 amide bonds. The number of para-hydroxylation sites is 1. The van der Waals surface area contributed by atoms with Gasteiger partial charge < -0.3 is 9.88 Å². The van der Waals surface area contributed by atoms with Gasteiger partial charge in [-0.15, -0.1) is 0 Å². The van der Waals surface area contributed by atoms with Crippen molar-refractivity contribution in [3.8, 4) is 0 Å². The van der Waals surface area contributed by atoms with E-state index in [1.807, 2.05) is 30.3 Å². The van der Waals surface area contributed by atoms with E-state index in [1.165, 1.54) is 17.0 Å². The van der Waals surface area contributed by atoms with Crippen molar-refractivity contribution in [2.24, 2.45) is 0 Å². The number of carbonyl (C=O) groups is 1. The number of hydrogen-bond donors (Lipinski definition) is 1. The lowest BCUT2D eigenvalue weighted by atomic mass is 10.1. The molecule has 0 bridgehead atoms. The number of carbonyl (C=O) groups excluding carboxylic acids is 1. The number of amides is 1. The highest BCUT2D eigenvalue weighted by Crippen LogP contribution is 2.20. The monoisotopic (exact) mass is 483 g/mol. The van der Waals surface area contributed by atoms with E-state index < -0.39 is 26.4 Å². The number of halogens is 2. The third-order valence-corrected chi connectivity index (χ3v) is 6.57. The van der Waals surface area contributed by atoms with Gasteiger partial charge in [0, 0.05) is 12.1 Å². The molecule has 4 rings (SSSR count). The summed E-state index contributed by atoms with van der Waals surface area (Å²) in [4.78, 5) is 33.7. The molecule has 0 radical (unpaired) electrons. The van der Waals surface area contributed by atoms with E-state index in [-0.39, 0.29) is 30.0 Å². The van der Waals surface area contributed by atoms with Crippen LogP contribution in [0.4, 0.5) is 8.78 Å². The SMILES string of the molecule is O=C(c1ccc(S(=O)(=O)C(F)F)cc1)N(Cc1ccccc1)Cc1nc2ccccc2c(=O)[nH]1. The van der Waals surface area contributed by atoms with Gasteiger partial charge in [-0.05, 0) is 42.0 Å². The predicted octanol–water partition coefficient (Wildman–Crippen LogP) is 3.76. The highest BCUT2D eigenvalue weighted by atomic mass is 32.2. The van der Waals surface area contributed by atoms with E-state index in [2.05, 4.69) is 9.97 Å². The van der Waals surface area contributed by atoms with E-state index in [4.69, 9.17) is 0 Å². The number of hydrogen-bond acceptors (Lipinski definition) is 5. The van der Waals surface area contributed by atoms with E-state index in [1.54, 1.807) is 24.3 Å². The van der Waals surface area contributed by atoms with Gasteiger partial charge in [0.05, 0.1) is 22.3 Å². The molecule has 174 valence electrons. The maximum Gasteiger partial charge on any atom is 0.341 e. The molecule has 1 heterocycles. The molecule has 0 atom stereocenters. The van der Waals surface area contributed by atoms with E-state index in [0.29, 0.717) is 10.9 Å². The minimum absolute atomic E-state index is 0.0368. The Kier molecular flexibility index (Phi) is 6.51. The van der Waals surface area contributed by atoms with Crippen molar-refractivity contribution in [2.75, 3.05) is 0 Å². The second kappa shape index (κ2) is 9.52. The van der Waals surface area contributed by atoms with Crippen LogP contribution in [0.2, 0.25) is 0 Å². The van der Waals surface area contributed by atoms with Crippen molar-refractivity contribution >= 4 is 26.6 Å². The number of H-pyrrole nitrogens is 1. The number of aromatic nitrogens is 2. The molecule has 34 heavy (non-hydrogen) atoms. The van der Waals surface area contributed by atoms with Crippen molar-refractivity contribution in [3.05, 3.63) is 106 Å². The molecular formula is C24H19F2N3O4S. The zero-order valence-electron chi connectivity index (χ0n) is 17.7. The lowest BCUT2D eigenvalue weighted by molar-refractivity contribution is 0.0725. The number of fused-ring (bicyclic) bond motifs is 1. The Labute approximate surface area is 193 Å². The maximum absolute atomic E-state index is 13.3. The van der Waals surface area contributed by atoms with Crippen LogP contribution in [0.15, 0.2) is 88.6 Å². The average molecular weight is 483 g/mol. The summed E-state index contributed by atoms with van der Waals surface area (Å²) < 4.78 is 49.0. The molecule has 0 fully saturated rings. The van der Waals surface area contributed by atoms with E-state index >= 15 is 0 Å². The first-order valence-corrected chi connectivity index (χ1v) is 11.7. The Morgan fingerprint density at radius 3 is 2.24 bits per heavy atom. The van der Waals surface area contributed by atoms with Crippen LogP contribution in [-0.2, 0) is 22.9 Å². The minimum Gasteiger partial charge on any atom is -0.327 e. The van der Waals surface area contributed by atoms with Gasteiger partial charge in [-0.1, -0.05) is 42.5 Å². The Hall–Kier alpha value is -3.92. The van der Waals surface area contributed by atoms with Gasteiger partial charge in [0.1, 0.15) is 5.82 Å². The van der Waals surface area contributed by atoms with Gasteiger partial charge in [0.15, 0.2) is 0 Å². The zero-order chi connectivity index (χ0) is 24.3. The van der Waals surface area contributed by atoms with Crippen LogP contribution in [-0.4, -0.2) is 35.0 Å². The fourth-order valence-corrected chi connectivity index (χ4v) is 4.19. The predicted molar refractivity (Wildman–Crippen MR) is 122 cm³/mol. The highest BCUT2D eigenvalue weighted by molar-refractivity contribution is 7.91. The summed E-state index contributed by atoms with van der Waals surface area (Å²) in [5.74, 6) is -3.77. The highest BCUT2D eigenvalue weighted by Gasteiger charge is 2.27. The molecule has 10 heteroatoms. The Morgan fingerprint density at radius 2 is 1.56 bits per heavy atom. The molecule has 0 aliphatic rings. The first-order chi connectivity index (χ1) is 16.3. The summed E-state index contributed by atoms with van der Waals surface area (Å²) in [6.45, 7) is 0.137. The van der Waals surface area contributed by atoms with Crippen molar-refractivity contribution in [2.45, 2.75) is 23.7 Å². The second-order valence-electron chi connectivity index (χ2n) is 7.51. The molecule has 0 unspecified atom stereocenters. The molecule has 0 aliphatic carbocycles. The maximum atomic E-state index is 13.3. The molecular weight excluding hydrogens is 464 g/mol. The third kappa shape index (κ3) is 4.86. The van der Waals surface area contributed by atoms with Crippen LogP contribution in [0.5, 0.6) is 0 Å². The van der Waals surface area contributed by atoms with Crippen LogP contribution in [0, 0.1) is 0 Å². The third-order valence-electron chi connectivity index (χ3n) is 5.17. The quantitative estimate of drug-likeness (QED) is 0.431. The van der Waals surface area contributed by atoms with Gasteiger partial charge in [-0.2, -0.15) is 8.78 Å². The molecule has 0 saturated carbocycles. The molecule has 4 aromatic rings. The van der Waals surface area contributed by atoms with Crippen LogP contribution in [0.1, 0.15) is 21.7 Å². The second-order valence-corrected chi connectivity index (χ2v) is 9.42. The lowest BCUT2D eigenvalue weighted by Gasteiger charge is -2.23. The summed E-state index contributed by atoms with van der Waals surface area (Å²) in [7, 11) is -4.77. The van der Waals surface area contributed by atoms with Gasteiger partial charge in [0.2, 0.25) is 9.84 Å². The van der Waals surface area contributed by atoms with Crippen LogP contribution < -0.4 is 5.56 Å². The van der Waals surface area contributed by atoms with Crippen molar-refractivity contribution in [1.29, 1.82) is 0 Å². The summed E-state index contributed by atoms with van der Waals surface area (Å²) in [6, 6.07) is 20.3. The van der Waals surface area contributed by atoms with Crippen LogP contribution in [0.3, 0.4) is 0 Å². The van der Waals surface area contributed by atoms with Gasteiger partial charge in [0.25, 0.3) is 11.5 Å². The van der Waals surface area contributed by atoms with Gasteiger partial charge in [-0.25, -0.2) is 13.4 Å². The molecule has 1 N–H and O–H groups in total. The van der Waals surface area contributed by atoms with E-state index in [9.17, 15) is 26.8 Å². The molecule has 0 saturated heterocycles. The van der Waals surface area contributed by atoms with Crippen LogP contribution in [0.25, 0.3) is 10.9 Å². The van der Waals surface area contributed by atoms with Crippen molar-refractivity contribution in [1.82, 2.24) is 14.9 Å². The fraction of sp³-hybridized carbons (Fsp3) is 0.125. The number of sulfone groups is 1. The number of nitrogens with one attached hydrogen (secondary N) is 1. The van der Waals surface area contributed by atoms with E-state index in [0.717, 1.165) is 17.7 Å². The zero-order valence-corrected chi connectivity index (χ0v) is 18.5. The fourth-order valence-electron chi connectivity index (χ4n) is 3.47. The summed E-state index contributed by atoms with van der Waals surface area (Å²) in [5, 5.41) is 0.419. The normalized spacial score (nSPS) is 11.6. The molecule has 0 aliphatic heterocycles. The molecule has 7 nitrogen and oxygen atoms in total. The minimum atomic E-state index is -4.77. The number of aromatic amines is 1. The average Bonchev–Trinajstić information content (AvgIpc) is 2.84. The van der Waals surface area contributed by atoms with Crippen molar-refractivity contribution in [3.63, 3.8) is 0 Å². The van der Waals surface area contributed by atoms with Crippen molar-refractivity contribution < 1.29 is 22.0 Å². The lowest BCUT2D eigenvalue weighted by Crippen LogP contribution is -2.31. The summed E-state index contributed by atoms with van der Waals surface area (Å²) >= 11 is 0. The molecule has 0 spiro atoms. The molecule has 1 aromatic heterocycles. The number of benzene rings is 3. The molecule has 3 aromatic carbocycles. The standard InChI is InChI=1S/C24H19F2N3O4S/c25-24(26)34(32,33)18-12-10-17(11-13-18)23(31)29(14-16-6-2-1-3-7-16)15-21-27-20-9-5-4-8-19(20)22(30)28-21/h1-13,24H,14-15H2,(H,27,28,30). The first-order valence-electron chi connectivity index (χ1n) is 10.2. The van der Waals surface area contributed by atoms with Gasteiger partial charge >= 0.3 is 5.76 Å². The van der Waals surface area contributed by atoms with Gasteiger partial charge in [-0.3, -0.25) is 9.59 Å². The summed E-state index contributed by atoms with van der Waals surface area (Å²) in [6.07, 6.45) is 0. The number of alkyl halides is 2. The topological polar surface area (TPSA) is 100 Å².